The fourth-order valence-corrected chi connectivity index (χ4v) is 10.2. The number of carbonyl (C=O) groups is 3. The van der Waals surface area contributed by atoms with Crippen molar-refractivity contribution in [1.82, 2.24) is 0 Å². The molecule has 0 aliphatic heterocycles. The van der Waals surface area contributed by atoms with Crippen molar-refractivity contribution in [2.45, 2.75) is 309 Å². The Kier molecular flexibility index (Phi) is 70.2. The first-order chi connectivity index (χ1) is 46.6. The Hall–Kier alpha value is -5.35. The minimum Gasteiger partial charge on any atom is -0.477 e. The van der Waals surface area contributed by atoms with Crippen LogP contribution in [-0.2, 0) is 33.3 Å². The van der Waals surface area contributed by atoms with Crippen LogP contribution < -0.4 is 0 Å². The molecular formula is C86H142NO8+. The molecule has 0 bridgehead atoms. The number of likely N-dealkylation sites (N-methyl/N-ethyl adjacent to an activating group) is 1. The molecule has 0 fully saturated rings. The molecule has 1 N–H and O–H groups in total. The number of carboxylic acids is 1. The number of rotatable bonds is 69. The van der Waals surface area contributed by atoms with Gasteiger partial charge in [-0.15, -0.1) is 0 Å². The fourth-order valence-electron chi connectivity index (χ4n) is 10.2. The quantitative estimate of drug-likeness (QED) is 0.0211. The van der Waals surface area contributed by atoms with Gasteiger partial charge >= 0.3 is 17.9 Å². The van der Waals surface area contributed by atoms with E-state index < -0.39 is 24.3 Å². The van der Waals surface area contributed by atoms with E-state index in [0.29, 0.717) is 23.9 Å². The monoisotopic (exact) mass is 1320 g/mol. The first-order valence-electron chi connectivity index (χ1n) is 38.3. The van der Waals surface area contributed by atoms with Crippen molar-refractivity contribution in [3.05, 3.63) is 170 Å². The van der Waals surface area contributed by atoms with Gasteiger partial charge in [-0.2, -0.15) is 0 Å². The standard InChI is InChI=1S/C86H141NO8/c1-6-8-10-12-14-16-18-20-22-24-26-28-30-32-34-36-38-40-41-42-43-45-46-48-50-52-54-56-58-60-62-64-66-68-70-72-74-76-83(88)93-80-82(81-94-86(85(90)91)92-79-78-87(3,4)5)95-84(89)77-75-73-71-69-67-65-63-61-59-57-55-53-51-49-47-44-39-37-35-33-31-29-27-25-23-21-19-17-15-13-11-9-7-2/h8-11,14-17,20-23,26-29,32-35,39,44,49,51,55,57,61,63,82,86H,6-7,12-13,18-19,24-25,30-31,36-38,40-43,45-48,50,52-54,56,58-60,62,64-81H2,1-5H3/p+1/b10-8-,11-9-,16-14-,17-15-,22-20-,23-21-,28-26-,29-27-,34-32-,35-33-,44-39-,51-49-,57-55-,63-61-. The molecule has 0 aromatic carbocycles. The van der Waals surface area contributed by atoms with Crippen molar-refractivity contribution < 1.29 is 42.9 Å². The number of quaternary nitrogens is 1. The number of esters is 2. The molecule has 95 heavy (non-hydrogen) atoms. The van der Waals surface area contributed by atoms with Gasteiger partial charge in [-0.05, 0) is 128 Å². The first kappa shape index (κ1) is 89.6. The summed E-state index contributed by atoms with van der Waals surface area (Å²) in [6, 6.07) is 0. The van der Waals surface area contributed by atoms with Crippen LogP contribution in [0.5, 0.6) is 0 Å². The lowest BCUT2D eigenvalue weighted by molar-refractivity contribution is -0.870. The van der Waals surface area contributed by atoms with Crippen LogP contribution in [0.1, 0.15) is 296 Å². The summed E-state index contributed by atoms with van der Waals surface area (Å²) >= 11 is 0. The maximum absolute atomic E-state index is 13.0. The molecule has 2 atom stereocenters. The lowest BCUT2D eigenvalue weighted by Gasteiger charge is -2.25. The summed E-state index contributed by atoms with van der Waals surface area (Å²) in [6.45, 7) is 4.63. The van der Waals surface area contributed by atoms with Crippen LogP contribution in [0.4, 0.5) is 0 Å². The van der Waals surface area contributed by atoms with Gasteiger partial charge in [0, 0.05) is 12.8 Å². The van der Waals surface area contributed by atoms with E-state index in [2.05, 4.69) is 184 Å². The van der Waals surface area contributed by atoms with Gasteiger partial charge < -0.3 is 28.5 Å². The maximum Gasteiger partial charge on any atom is 0.361 e. The van der Waals surface area contributed by atoms with Crippen molar-refractivity contribution in [3.63, 3.8) is 0 Å². The fraction of sp³-hybridized carbons (Fsp3) is 0.640. The van der Waals surface area contributed by atoms with Crippen molar-refractivity contribution in [2.24, 2.45) is 0 Å². The summed E-state index contributed by atoms with van der Waals surface area (Å²) in [4.78, 5) is 37.7. The van der Waals surface area contributed by atoms with Gasteiger partial charge in [0.15, 0.2) is 6.10 Å². The van der Waals surface area contributed by atoms with Gasteiger partial charge in [-0.25, -0.2) is 4.79 Å². The average Bonchev–Trinajstić information content (AvgIpc) is 3.75. The SMILES string of the molecule is CC/C=C\C/C=C\C/C=C\C/C=C\C/C=C\C/C=C\C/C=C\C/C=C\C/C=C\CCCCCCCC(=O)OC(COC(=O)CCCCCCCCCCCCCCCCCCCCCCC/C=C\C/C=C\C/C=C\C/C=C\C/C=C\CC)COC(OCC[N+](C)(C)C)C(=O)O. The van der Waals surface area contributed by atoms with Gasteiger partial charge in [-0.3, -0.25) is 9.59 Å². The Labute approximate surface area is 584 Å². The van der Waals surface area contributed by atoms with E-state index in [1.807, 2.05) is 21.1 Å². The van der Waals surface area contributed by atoms with E-state index in [0.717, 1.165) is 141 Å². The molecule has 9 heteroatoms. The van der Waals surface area contributed by atoms with Crippen molar-refractivity contribution in [1.29, 1.82) is 0 Å². The second-order valence-electron chi connectivity index (χ2n) is 26.2. The molecule has 538 valence electrons. The van der Waals surface area contributed by atoms with Gasteiger partial charge in [-0.1, -0.05) is 325 Å². The normalized spacial score (nSPS) is 13.7. The Morgan fingerprint density at radius 1 is 0.316 bits per heavy atom. The number of carbonyl (C=O) groups excluding carboxylic acids is 2. The summed E-state index contributed by atoms with van der Waals surface area (Å²) in [7, 11) is 5.97. The van der Waals surface area contributed by atoms with E-state index >= 15 is 0 Å². The number of aliphatic carboxylic acids is 1. The maximum atomic E-state index is 13.0. The van der Waals surface area contributed by atoms with Crippen LogP contribution >= 0.6 is 0 Å². The third-order valence-electron chi connectivity index (χ3n) is 16.0. The van der Waals surface area contributed by atoms with Crippen LogP contribution in [0.3, 0.4) is 0 Å². The summed E-state index contributed by atoms with van der Waals surface area (Å²) in [5.74, 6) is -2.04. The molecular weight excluding hydrogens is 1170 g/mol. The molecule has 2 unspecified atom stereocenters. The molecule has 0 amide bonds. The van der Waals surface area contributed by atoms with Crippen LogP contribution in [0.2, 0.25) is 0 Å². The topological polar surface area (TPSA) is 108 Å². The Morgan fingerprint density at radius 2 is 0.568 bits per heavy atom. The largest absolute Gasteiger partial charge is 0.477 e. The highest BCUT2D eigenvalue weighted by molar-refractivity contribution is 5.71. The summed E-state index contributed by atoms with van der Waals surface area (Å²) in [6.07, 6.45) is 109. The molecule has 0 aromatic heterocycles. The summed E-state index contributed by atoms with van der Waals surface area (Å²) in [5, 5.41) is 9.77. The van der Waals surface area contributed by atoms with Crippen molar-refractivity contribution in [2.75, 3.05) is 47.5 Å². The molecule has 0 aliphatic rings. The molecule has 0 saturated heterocycles. The highest BCUT2D eigenvalue weighted by Crippen LogP contribution is 2.17. The predicted molar refractivity (Wildman–Crippen MR) is 410 cm³/mol. The smallest absolute Gasteiger partial charge is 0.361 e. The van der Waals surface area contributed by atoms with E-state index in [-0.39, 0.29) is 32.2 Å². The molecule has 0 aromatic rings. The van der Waals surface area contributed by atoms with Gasteiger partial charge in [0.25, 0.3) is 6.29 Å². The highest BCUT2D eigenvalue weighted by Gasteiger charge is 2.25. The second kappa shape index (κ2) is 74.4. The average molecular weight is 1320 g/mol. The summed E-state index contributed by atoms with van der Waals surface area (Å²) < 4.78 is 23.0. The number of hydrogen-bond donors (Lipinski definition) is 1. The Balaban J connectivity index is 4.12. The molecule has 0 rings (SSSR count). The number of hydrogen-bond acceptors (Lipinski definition) is 7. The highest BCUT2D eigenvalue weighted by atomic mass is 16.7. The zero-order valence-electron chi connectivity index (χ0n) is 61.5. The predicted octanol–water partition coefficient (Wildman–Crippen LogP) is 24.6. The Morgan fingerprint density at radius 3 is 0.842 bits per heavy atom. The van der Waals surface area contributed by atoms with E-state index in [1.54, 1.807) is 0 Å². The van der Waals surface area contributed by atoms with Crippen LogP contribution in [0, 0.1) is 0 Å². The Bertz CT molecular complexity index is 2170. The van der Waals surface area contributed by atoms with Crippen LogP contribution in [-0.4, -0.2) is 87.4 Å². The van der Waals surface area contributed by atoms with Gasteiger partial charge in [0.2, 0.25) is 0 Å². The molecule has 0 spiro atoms. The van der Waals surface area contributed by atoms with Crippen LogP contribution in [0.25, 0.3) is 0 Å². The molecule has 0 radical (unpaired) electrons. The minimum atomic E-state index is -1.53. The number of carboxylic acid groups (broad SMARTS) is 1. The molecule has 0 saturated carbocycles. The number of nitrogens with zero attached hydrogens (tertiary/aromatic N) is 1. The van der Waals surface area contributed by atoms with E-state index in [1.165, 1.54) is 122 Å². The molecule has 9 nitrogen and oxygen atoms in total. The number of unbranched alkanes of at least 4 members (excludes halogenated alkanes) is 26. The summed E-state index contributed by atoms with van der Waals surface area (Å²) in [5.41, 5.74) is 0. The third kappa shape index (κ3) is 75.9. The zero-order valence-corrected chi connectivity index (χ0v) is 61.5. The van der Waals surface area contributed by atoms with Crippen molar-refractivity contribution >= 4 is 17.9 Å². The van der Waals surface area contributed by atoms with Crippen LogP contribution in [0.15, 0.2) is 170 Å². The second-order valence-corrected chi connectivity index (χ2v) is 26.2. The van der Waals surface area contributed by atoms with Gasteiger partial charge in [0.05, 0.1) is 34.4 Å². The first-order valence-corrected chi connectivity index (χ1v) is 38.3. The zero-order chi connectivity index (χ0) is 69.0. The number of allylic oxidation sites excluding steroid dienone is 28. The minimum absolute atomic E-state index is 0.176. The van der Waals surface area contributed by atoms with Crippen molar-refractivity contribution in [3.8, 4) is 0 Å². The van der Waals surface area contributed by atoms with E-state index in [4.69, 9.17) is 18.9 Å². The molecule has 0 aliphatic carbocycles. The van der Waals surface area contributed by atoms with Gasteiger partial charge in [0.1, 0.15) is 13.2 Å². The lowest BCUT2D eigenvalue weighted by Crippen LogP contribution is -2.40. The number of ether oxygens (including phenoxy) is 4. The lowest BCUT2D eigenvalue weighted by atomic mass is 10.0. The van der Waals surface area contributed by atoms with E-state index in [9.17, 15) is 19.5 Å². The molecule has 0 heterocycles. The third-order valence-corrected chi connectivity index (χ3v) is 16.0.